The average Bonchev–Trinajstić information content (AvgIpc) is 3.51. The number of aliphatic hydroxyl groups is 6. The van der Waals surface area contributed by atoms with Gasteiger partial charge in [-0.3, -0.25) is 0 Å². The third-order valence-corrected chi connectivity index (χ3v) is 15.9. The molecule has 10 nitrogen and oxygen atoms in total. The summed E-state index contributed by atoms with van der Waals surface area (Å²) in [4.78, 5) is 0. The first-order valence-electron chi connectivity index (χ1n) is 18.3. The lowest BCUT2D eigenvalue weighted by molar-refractivity contribution is -0.329. The van der Waals surface area contributed by atoms with Gasteiger partial charge in [0, 0.05) is 18.4 Å². The van der Waals surface area contributed by atoms with Gasteiger partial charge in [0.05, 0.1) is 25.4 Å². The van der Waals surface area contributed by atoms with E-state index in [0.29, 0.717) is 18.3 Å². The van der Waals surface area contributed by atoms with Gasteiger partial charge in [0.15, 0.2) is 12.6 Å². The topological polar surface area (TPSA) is 158 Å². The summed E-state index contributed by atoms with van der Waals surface area (Å²) in [5.41, 5.74) is 1.09. The predicted molar refractivity (Wildman–Crippen MR) is 172 cm³/mol. The largest absolute Gasteiger partial charge is 0.396 e. The van der Waals surface area contributed by atoms with E-state index in [4.69, 9.17) is 18.9 Å². The zero-order valence-corrected chi connectivity index (χ0v) is 29.2. The van der Waals surface area contributed by atoms with E-state index in [0.717, 1.165) is 50.5 Å². The zero-order valence-electron chi connectivity index (χ0n) is 29.2. The van der Waals surface area contributed by atoms with Crippen LogP contribution in [0.4, 0.5) is 0 Å². The summed E-state index contributed by atoms with van der Waals surface area (Å²) in [6, 6.07) is 0. The number of methoxy groups -OCH3 is 1. The summed E-state index contributed by atoms with van der Waals surface area (Å²) in [5, 5.41) is 63.8. The highest BCUT2D eigenvalue weighted by molar-refractivity contribution is 5.31. The standard InChI is InChI=1S/C37H60O10/c1-19(2)15-21-27(40)26(31(44-6)45-21)20-9-11-35(5)24-8-7-23-33(3,18-39)25(47-32-30(43)29(42)28(41)22(16-38)46-32)10-12-36(23)17-37(24,36)14-13-34(20,35)4/h15,20-32,38-43H,7-14,16-18H2,1-6H3/t20-,21-,22-,23+,24-,25+,26+,27-,28-,29+,30-,31-,32+,33-,34-,35+,36-,37+/m1/s1. The normalized spacial score (nSPS) is 58.3. The van der Waals surface area contributed by atoms with Crippen molar-refractivity contribution in [3.05, 3.63) is 11.6 Å². The number of rotatable bonds is 7. The molecule has 2 spiro atoms. The van der Waals surface area contributed by atoms with Crippen LogP contribution in [0.25, 0.3) is 0 Å². The van der Waals surface area contributed by atoms with Gasteiger partial charge in [-0.15, -0.1) is 0 Å². The molecule has 10 heteroatoms. The van der Waals surface area contributed by atoms with E-state index >= 15 is 0 Å². The van der Waals surface area contributed by atoms with E-state index < -0.39 is 61.2 Å². The Hall–Kier alpha value is -0.660. The van der Waals surface area contributed by atoms with Crippen molar-refractivity contribution >= 4 is 0 Å². The molecule has 0 radical (unpaired) electrons. The van der Waals surface area contributed by atoms with Crippen LogP contribution in [0.2, 0.25) is 0 Å². The van der Waals surface area contributed by atoms with E-state index in [1.54, 1.807) is 7.11 Å². The fraction of sp³-hybridized carbons (Fsp3) is 0.946. The molecule has 18 atom stereocenters. The molecule has 5 aliphatic carbocycles. The maximum atomic E-state index is 11.6. The van der Waals surface area contributed by atoms with Gasteiger partial charge < -0.3 is 49.6 Å². The van der Waals surface area contributed by atoms with Crippen LogP contribution < -0.4 is 0 Å². The van der Waals surface area contributed by atoms with Crippen molar-refractivity contribution in [2.24, 2.45) is 50.7 Å². The second kappa shape index (κ2) is 11.7. The minimum absolute atomic E-state index is 0.0505. The lowest BCUT2D eigenvalue weighted by Crippen LogP contribution is -2.63. The quantitative estimate of drug-likeness (QED) is 0.177. The third-order valence-electron chi connectivity index (χ3n) is 15.9. The van der Waals surface area contributed by atoms with Gasteiger partial charge in [-0.1, -0.05) is 32.4 Å². The highest BCUT2D eigenvalue weighted by Crippen LogP contribution is 2.89. The predicted octanol–water partition coefficient (Wildman–Crippen LogP) is 2.90. The Labute approximate surface area is 279 Å². The van der Waals surface area contributed by atoms with Crippen molar-refractivity contribution in [2.75, 3.05) is 20.3 Å². The number of aliphatic hydroxyl groups excluding tert-OH is 6. The molecule has 0 aromatic carbocycles. The number of ether oxygens (including phenoxy) is 4. The van der Waals surface area contributed by atoms with Gasteiger partial charge in [-0.25, -0.2) is 0 Å². The number of fused-ring (bicyclic) bond motifs is 2. The van der Waals surface area contributed by atoms with Crippen LogP contribution in [-0.2, 0) is 18.9 Å². The maximum absolute atomic E-state index is 11.6. The SMILES string of the molecule is CO[C@@H]1O[C@H](C=C(C)C)[C@@H](O)[C@@H]1[C@H]1CC[C@@]2(C)[C@H]3CC[C@H]4[C@@](C)(CO)[C@@H](O[C@@H]5O[C@H](CO)[C@@H](O)[C@H](O)[C@H]5O)CC[C@@]45C[C@@]35CC[C@]12C. The second-order valence-corrected chi connectivity index (χ2v) is 17.7. The van der Waals surface area contributed by atoms with Crippen molar-refractivity contribution in [1.29, 1.82) is 0 Å². The smallest absolute Gasteiger partial charge is 0.186 e. The van der Waals surface area contributed by atoms with Crippen LogP contribution in [0.5, 0.6) is 0 Å². The summed E-state index contributed by atoms with van der Waals surface area (Å²) in [5.74, 6) is 1.05. The van der Waals surface area contributed by atoms with Crippen LogP contribution in [0.15, 0.2) is 11.6 Å². The Kier molecular flexibility index (Phi) is 8.65. The first kappa shape index (κ1) is 34.8. The van der Waals surface area contributed by atoms with Crippen LogP contribution in [0, 0.1) is 50.7 Å². The highest BCUT2D eigenvalue weighted by Gasteiger charge is 2.83. The molecule has 0 aromatic rings. The van der Waals surface area contributed by atoms with Gasteiger partial charge in [-0.05, 0) is 111 Å². The van der Waals surface area contributed by atoms with Crippen molar-refractivity contribution in [1.82, 2.24) is 0 Å². The van der Waals surface area contributed by atoms with Crippen molar-refractivity contribution < 1.29 is 49.6 Å². The maximum Gasteiger partial charge on any atom is 0.186 e. The van der Waals surface area contributed by atoms with Crippen LogP contribution in [0.3, 0.4) is 0 Å². The monoisotopic (exact) mass is 664 g/mol. The van der Waals surface area contributed by atoms with E-state index in [-0.39, 0.29) is 46.2 Å². The Morgan fingerprint density at radius 2 is 1.47 bits per heavy atom. The summed E-state index contributed by atoms with van der Waals surface area (Å²) in [7, 11) is 1.70. The van der Waals surface area contributed by atoms with Crippen LogP contribution in [-0.4, -0.2) is 106 Å². The van der Waals surface area contributed by atoms with Crippen LogP contribution in [0.1, 0.15) is 92.4 Å². The fourth-order valence-electron chi connectivity index (χ4n) is 13.4. The highest BCUT2D eigenvalue weighted by atomic mass is 16.7. The molecule has 47 heavy (non-hydrogen) atoms. The molecule has 0 bridgehead atoms. The first-order valence-corrected chi connectivity index (χ1v) is 18.3. The molecule has 7 aliphatic rings. The minimum Gasteiger partial charge on any atom is -0.396 e. The molecular formula is C37H60O10. The number of allylic oxidation sites excluding steroid dienone is 1. The average molecular weight is 665 g/mol. The number of hydrogen-bond acceptors (Lipinski definition) is 10. The summed E-state index contributed by atoms with van der Waals surface area (Å²) < 4.78 is 24.4. The molecule has 2 saturated heterocycles. The molecule has 7 rings (SSSR count). The van der Waals surface area contributed by atoms with Gasteiger partial charge >= 0.3 is 0 Å². The summed E-state index contributed by atoms with van der Waals surface area (Å²) in [6.07, 6.45) is 3.04. The molecular weight excluding hydrogens is 604 g/mol. The van der Waals surface area contributed by atoms with Crippen molar-refractivity contribution in [2.45, 2.75) is 148 Å². The second-order valence-electron chi connectivity index (χ2n) is 17.7. The molecule has 2 heterocycles. The molecule has 268 valence electrons. The van der Waals surface area contributed by atoms with Gasteiger partial charge in [-0.2, -0.15) is 0 Å². The Morgan fingerprint density at radius 3 is 2.13 bits per heavy atom. The lowest BCUT2D eigenvalue weighted by Gasteiger charge is -2.64. The summed E-state index contributed by atoms with van der Waals surface area (Å²) in [6.45, 7) is 10.7. The van der Waals surface area contributed by atoms with Gasteiger partial charge in [0.2, 0.25) is 0 Å². The minimum atomic E-state index is -1.50. The van der Waals surface area contributed by atoms with E-state index in [1.165, 1.54) is 6.42 Å². The summed E-state index contributed by atoms with van der Waals surface area (Å²) >= 11 is 0. The fourth-order valence-corrected chi connectivity index (χ4v) is 13.4. The number of hydrogen-bond donors (Lipinski definition) is 6. The van der Waals surface area contributed by atoms with E-state index in [2.05, 4.69) is 20.8 Å². The van der Waals surface area contributed by atoms with Gasteiger partial charge in [0.25, 0.3) is 0 Å². The molecule has 2 aliphatic heterocycles. The Bertz CT molecular complexity index is 1220. The zero-order chi connectivity index (χ0) is 33.9. The third kappa shape index (κ3) is 4.58. The first-order chi connectivity index (χ1) is 22.2. The molecule has 6 N–H and O–H groups in total. The van der Waals surface area contributed by atoms with E-state index in [9.17, 15) is 30.6 Å². The lowest BCUT2D eigenvalue weighted by atomic mass is 9.41. The van der Waals surface area contributed by atoms with Crippen LogP contribution >= 0.6 is 0 Å². The molecule has 0 aromatic heterocycles. The molecule has 7 fully saturated rings. The van der Waals surface area contributed by atoms with E-state index in [1.807, 2.05) is 19.9 Å². The molecule has 0 amide bonds. The molecule has 0 unspecified atom stereocenters. The Balaban J connectivity index is 1.13. The van der Waals surface area contributed by atoms with Crippen molar-refractivity contribution in [3.63, 3.8) is 0 Å². The molecule has 5 saturated carbocycles. The van der Waals surface area contributed by atoms with Gasteiger partial charge in [0.1, 0.15) is 30.5 Å². The Morgan fingerprint density at radius 1 is 0.766 bits per heavy atom. The van der Waals surface area contributed by atoms with Crippen molar-refractivity contribution in [3.8, 4) is 0 Å².